The van der Waals surface area contributed by atoms with E-state index in [2.05, 4.69) is 41.5 Å². The molecule has 0 spiro atoms. The van der Waals surface area contributed by atoms with Crippen molar-refractivity contribution in [1.82, 2.24) is 0 Å². The summed E-state index contributed by atoms with van der Waals surface area (Å²) in [7, 11) is 0. The van der Waals surface area contributed by atoms with E-state index in [1.807, 2.05) is 0 Å². The first-order valence-electron chi connectivity index (χ1n) is 11.6. The topological polar surface area (TPSA) is 52.6 Å². The first kappa shape index (κ1) is 26.9. The summed E-state index contributed by atoms with van der Waals surface area (Å²) in [6, 6.07) is 0. The van der Waals surface area contributed by atoms with E-state index in [0.717, 1.165) is 25.7 Å². The summed E-state index contributed by atoms with van der Waals surface area (Å²) in [5, 5.41) is 0. The van der Waals surface area contributed by atoms with E-state index in [4.69, 9.17) is 9.47 Å². The number of hydrogen-bond donors (Lipinski definition) is 0. The summed E-state index contributed by atoms with van der Waals surface area (Å²) in [5.74, 6) is 1.10. The molecular formula is C24H46O4. The lowest BCUT2D eigenvalue weighted by Crippen LogP contribution is -2.24. The number of ether oxygens (including phenoxy) is 2. The monoisotopic (exact) mass is 398 g/mol. The van der Waals surface area contributed by atoms with Crippen molar-refractivity contribution in [1.29, 1.82) is 0 Å². The zero-order valence-electron chi connectivity index (χ0n) is 19.4. The normalized spacial score (nSPS) is 12.6. The molecule has 0 fully saturated rings. The summed E-state index contributed by atoms with van der Waals surface area (Å²) in [6.45, 7) is 13.5. The molecule has 0 aromatic heterocycles. The molecule has 4 nitrogen and oxygen atoms in total. The predicted molar refractivity (Wildman–Crippen MR) is 116 cm³/mol. The molecule has 1 unspecified atom stereocenters. The van der Waals surface area contributed by atoms with Gasteiger partial charge in [-0.3, -0.25) is 9.59 Å². The molecule has 0 bridgehead atoms. The fourth-order valence-corrected chi connectivity index (χ4v) is 3.11. The average Bonchev–Trinajstić information content (AvgIpc) is 2.62. The highest BCUT2D eigenvalue weighted by molar-refractivity contribution is 5.72. The number of esters is 2. The minimum Gasteiger partial charge on any atom is -0.465 e. The minimum atomic E-state index is -0.0553. The van der Waals surface area contributed by atoms with Gasteiger partial charge in [0.2, 0.25) is 0 Å². The third-order valence-electron chi connectivity index (χ3n) is 4.89. The van der Waals surface area contributed by atoms with Gasteiger partial charge in [-0.2, -0.15) is 0 Å². The van der Waals surface area contributed by atoms with Crippen LogP contribution in [0.2, 0.25) is 0 Å². The van der Waals surface area contributed by atoms with Crippen molar-refractivity contribution in [2.24, 2.45) is 23.7 Å². The largest absolute Gasteiger partial charge is 0.465 e. The predicted octanol–water partition coefficient (Wildman–Crippen LogP) is 6.56. The highest BCUT2D eigenvalue weighted by Gasteiger charge is 2.23. The van der Waals surface area contributed by atoms with Gasteiger partial charge < -0.3 is 9.47 Å². The van der Waals surface area contributed by atoms with Gasteiger partial charge in [-0.1, -0.05) is 86.5 Å². The van der Waals surface area contributed by atoms with Gasteiger partial charge in [0.25, 0.3) is 0 Å². The zero-order valence-corrected chi connectivity index (χ0v) is 19.4. The maximum Gasteiger partial charge on any atom is 0.309 e. The molecule has 0 radical (unpaired) electrons. The molecule has 0 aliphatic rings. The number of carbonyl (C=O) groups is 2. The average molecular weight is 399 g/mol. The van der Waals surface area contributed by atoms with Crippen LogP contribution in [0.15, 0.2) is 0 Å². The van der Waals surface area contributed by atoms with E-state index < -0.39 is 0 Å². The quantitative estimate of drug-likeness (QED) is 0.206. The van der Waals surface area contributed by atoms with Crippen LogP contribution in [-0.4, -0.2) is 25.2 Å². The Morgan fingerprint density at radius 2 is 1.11 bits per heavy atom. The minimum absolute atomic E-state index is 0.0179. The van der Waals surface area contributed by atoms with Gasteiger partial charge in [-0.25, -0.2) is 0 Å². The molecule has 0 rings (SSSR count). The van der Waals surface area contributed by atoms with Crippen LogP contribution in [0.3, 0.4) is 0 Å². The van der Waals surface area contributed by atoms with Gasteiger partial charge in [-0.05, 0) is 30.6 Å². The third kappa shape index (κ3) is 15.9. The Labute approximate surface area is 174 Å². The van der Waals surface area contributed by atoms with Crippen molar-refractivity contribution in [3.05, 3.63) is 0 Å². The van der Waals surface area contributed by atoms with Crippen LogP contribution in [0, 0.1) is 23.7 Å². The summed E-state index contributed by atoms with van der Waals surface area (Å²) >= 11 is 0. The standard InChI is InChI=1S/C24H46O4/c1-19(2)17-27-23(25)16-14-12-10-8-7-9-11-13-15-22(21(5)6)24(26)28-18-20(3)4/h19-22H,7-18H2,1-6H3. The van der Waals surface area contributed by atoms with E-state index >= 15 is 0 Å². The Hall–Kier alpha value is -1.06. The molecule has 0 aromatic carbocycles. The molecule has 0 saturated carbocycles. The van der Waals surface area contributed by atoms with E-state index in [-0.39, 0.29) is 17.9 Å². The summed E-state index contributed by atoms with van der Waals surface area (Å²) in [6.07, 6.45) is 10.7. The van der Waals surface area contributed by atoms with Crippen LogP contribution in [0.25, 0.3) is 0 Å². The molecular weight excluding hydrogens is 352 g/mol. The molecule has 0 aliphatic heterocycles. The number of rotatable bonds is 17. The maximum atomic E-state index is 12.2. The van der Waals surface area contributed by atoms with Crippen molar-refractivity contribution in [2.75, 3.05) is 13.2 Å². The van der Waals surface area contributed by atoms with Gasteiger partial charge in [0.05, 0.1) is 19.1 Å². The fourth-order valence-electron chi connectivity index (χ4n) is 3.11. The summed E-state index contributed by atoms with van der Waals surface area (Å²) in [5.41, 5.74) is 0. The molecule has 0 aromatic rings. The highest BCUT2D eigenvalue weighted by atomic mass is 16.5. The lowest BCUT2D eigenvalue weighted by Gasteiger charge is -2.20. The van der Waals surface area contributed by atoms with Crippen LogP contribution < -0.4 is 0 Å². The molecule has 166 valence electrons. The van der Waals surface area contributed by atoms with Gasteiger partial charge in [-0.15, -0.1) is 0 Å². The first-order chi connectivity index (χ1) is 13.2. The molecule has 0 heterocycles. The maximum absolute atomic E-state index is 12.2. The zero-order chi connectivity index (χ0) is 21.4. The molecule has 0 aliphatic carbocycles. The lowest BCUT2D eigenvalue weighted by molar-refractivity contribution is -0.151. The second-order valence-corrected chi connectivity index (χ2v) is 9.32. The number of unbranched alkanes of at least 4 members (excludes halogenated alkanes) is 7. The van der Waals surface area contributed by atoms with E-state index in [1.54, 1.807) is 0 Å². The molecule has 28 heavy (non-hydrogen) atoms. The Morgan fingerprint density at radius 1 is 0.643 bits per heavy atom. The van der Waals surface area contributed by atoms with Gasteiger partial charge in [0.15, 0.2) is 0 Å². The second-order valence-electron chi connectivity index (χ2n) is 9.32. The highest BCUT2D eigenvalue weighted by Crippen LogP contribution is 2.21. The van der Waals surface area contributed by atoms with Crippen molar-refractivity contribution < 1.29 is 19.1 Å². The van der Waals surface area contributed by atoms with Crippen molar-refractivity contribution in [2.45, 2.75) is 106 Å². The molecule has 0 saturated heterocycles. The summed E-state index contributed by atoms with van der Waals surface area (Å²) in [4.78, 5) is 23.7. The van der Waals surface area contributed by atoms with Crippen molar-refractivity contribution >= 4 is 11.9 Å². The van der Waals surface area contributed by atoms with Crippen LogP contribution in [-0.2, 0) is 19.1 Å². The van der Waals surface area contributed by atoms with Gasteiger partial charge in [0, 0.05) is 6.42 Å². The third-order valence-corrected chi connectivity index (χ3v) is 4.89. The van der Waals surface area contributed by atoms with Crippen molar-refractivity contribution in [3.63, 3.8) is 0 Å². The Morgan fingerprint density at radius 3 is 1.61 bits per heavy atom. The van der Waals surface area contributed by atoms with E-state index in [9.17, 15) is 9.59 Å². The second kappa shape index (κ2) is 16.9. The lowest BCUT2D eigenvalue weighted by atomic mass is 9.90. The van der Waals surface area contributed by atoms with Crippen LogP contribution in [0.4, 0.5) is 0 Å². The van der Waals surface area contributed by atoms with Crippen LogP contribution >= 0.6 is 0 Å². The van der Waals surface area contributed by atoms with Crippen LogP contribution in [0.5, 0.6) is 0 Å². The smallest absolute Gasteiger partial charge is 0.309 e. The van der Waals surface area contributed by atoms with Crippen LogP contribution in [0.1, 0.15) is 106 Å². The van der Waals surface area contributed by atoms with E-state index in [1.165, 1.54) is 32.1 Å². The SMILES string of the molecule is CC(C)COC(=O)CCCCCCCCCCC(C(=O)OCC(C)C)C(C)C. The molecule has 4 heteroatoms. The Balaban J connectivity index is 3.63. The molecule has 0 N–H and O–H groups in total. The van der Waals surface area contributed by atoms with E-state index in [0.29, 0.717) is 37.4 Å². The number of carbonyl (C=O) groups excluding carboxylic acids is 2. The Bertz CT molecular complexity index is 401. The van der Waals surface area contributed by atoms with Crippen molar-refractivity contribution in [3.8, 4) is 0 Å². The molecule has 0 amide bonds. The van der Waals surface area contributed by atoms with Gasteiger partial charge in [0.1, 0.15) is 0 Å². The van der Waals surface area contributed by atoms with Gasteiger partial charge >= 0.3 is 11.9 Å². The fraction of sp³-hybridized carbons (Fsp3) is 0.917. The molecule has 1 atom stereocenters. The Kier molecular flexibility index (Phi) is 16.2. The number of hydrogen-bond acceptors (Lipinski definition) is 4. The first-order valence-corrected chi connectivity index (χ1v) is 11.6. The summed E-state index contributed by atoms with van der Waals surface area (Å²) < 4.78 is 10.6.